The topological polar surface area (TPSA) is 35.8 Å². The standard InChI is InChI=1S/C23H18N2O2/c1-26-17-11-16(12-18(14-17)27-2)23-24-20-9-5-4-8-19(20)22-13-15-7-3-6-10-21(15)25(22)23/h3-14H,1-2H3. The first-order chi connectivity index (χ1) is 13.3. The molecule has 0 amide bonds. The van der Waals surface area contributed by atoms with Gasteiger partial charge in [-0.1, -0.05) is 36.4 Å². The SMILES string of the molecule is COc1cc(OC)cc(-c2nc3ccccc3c3cc4ccccc4n23)c1. The van der Waals surface area contributed by atoms with Crippen LogP contribution in [-0.4, -0.2) is 23.6 Å². The van der Waals surface area contributed by atoms with Gasteiger partial charge >= 0.3 is 0 Å². The van der Waals surface area contributed by atoms with Gasteiger partial charge in [-0.25, -0.2) is 4.98 Å². The van der Waals surface area contributed by atoms with Gasteiger partial charge in [-0.15, -0.1) is 0 Å². The zero-order valence-electron chi connectivity index (χ0n) is 15.1. The molecule has 4 heteroatoms. The number of methoxy groups -OCH3 is 2. The van der Waals surface area contributed by atoms with Crippen LogP contribution in [0.1, 0.15) is 0 Å². The van der Waals surface area contributed by atoms with E-state index in [-0.39, 0.29) is 0 Å². The van der Waals surface area contributed by atoms with Gasteiger partial charge in [-0.3, -0.25) is 4.40 Å². The minimum Gasteiger partial charge on any atom is -0.497 e. The van der Waals surface area contributed by atoms with Crippen LogP contribution in [0, 0.1) is 0 Å². The van der Waals surface area contributed by atoms with Crippen LogP contribution in [0.3, 0.4) is 0 Å². The predicted molar refractivity (Wildman–Crippen MR) is 109 cm³/mol. The van der Waals surface area contributed by atoms with Gasteiger partial charge in [0.2, 0.25) is 0 Å². The molecule has 0 aliphatic heterocycles. The molecule has 132 valence electrons. The first-order valence-electron chi connectivity index (χ1n) is 8.81. The van der Waals surface area contributed by atoms with Crippen molar-refractivity contribution in [1.82, 2.24) is 9.38 Å². The van der Waals surface area contributed by atoms with E-state index in [9.17, 15) is 0 Å². The molecular weight excluding hydrogens is 336 g/mol. The molecule has 0 saturated heterocycles. The van der Waals surface area contributed by atoms with Crippen LogP contribution >= 0.6 is 0 Å². The Labute approximate surface area is 156 Å². The van der Waals surface area contributed by atoms with Crippen molar-refractivity contribution in [2.24, 2.45) is 0 Å². The second-order valence-electron chi connectivity index (χ2n) is 6.48. The molecule has 3 aromatic carbocycles. The lowest BCUT2D eigenvalue weighted by Gasteiger charge is -2.12. The summed E-state index contributed by atoms with van der Waals surface area (Å²) in [7, 11) is 3.32. The van der Waals surface area contributed by atoms with E-state index in [1.165, 1.54) is 5.39 Å². The van der Waals surface area contributed by atoms with Crippen molar-refractivity contribution in [3.8, 4) is 22.9 Å². The molecular formula is C23H18N2O2. The number of benzene rings is 3. The summed E-state index contributed by atoms with van der Waals surface area (Å²) in [5, 5.41) is 2.32. The number of hydrogen-bond acceptors (Lipinski definition) is 3. The highest BCUT2D eigenvalue weighted by molar-refractivity contribution is 6.02. The van der Waals surface area contributed by atoms with Gasteiger partial charge in [-0.05, 0) is 30.3 Å². The first-order valence-corrected chi connectivity index (χ1v) is 8.81. The first kappa shape index (κ1) is 15.7. The van der Waals surface area contributed by atoms with E-state index >= 15 is 0 Å². The quantitative estimate of drug-likeness (QED) is 0.440. The number of ether oxygens (including phenoxy) is 2. The van der Waals surface area contributed by atoms with Crippen LogP contribution in [0.25, 0.3) is 38.7 Å². The summed E-state index contributed by atoms with van der Waals surface area (Å²) < 4.78 is 13.2. The number of rotatable bonds is 3. The van der Waals surface area contributed by atoms with E-state index in [4.69, 9.17) is 14.5 Å². The molecule has 0 unspecified atom stereocenters. The molecule has 0 saturated carbocycles. The fourth-order valence-electron chi connectivity index (χ4n) is 3.66. The van der Waals surface area contributed by atoms with Crippen LogP contribution in [0.4, 0.5) is 0 Å². The fraction of sp³-hybridized carbons (Fsp3) is 0.0870. The fourth-order valence-corrected chi connectivity index (χ4v) is 3.66. The lowest BCUT2D eigenvalue weighted by atomic mass is 10.1. The molecule has 0 bridgehead atoms. The summed E-state index contributed by atoms with van der Waals surface area (Å²) >= 11 is 0. The molecule has 27 heavy (non-hydrogen) atoms. The number of hydrogen-bond donors (Lipinski definition) is 0. The highest BCUT2D eigenvalue weighted by Crippen LogP contribution is 2.34. The average molecular weight is 354 g/mol. The zero-order chi connectivity index (χ0) is 18.4. The lowest BCUT2D eigenvalue weighted by molar-refractivity contribution is 0.394. The maximum absolute atomic E-state index is 5.47. The Balaban J connectivity index is 1.96. The lowest BCUT2D eigenvalue weighted by Crippen LogP contribution is -1.98. The van der Waals surface area contributed by atoms with Crippen LogP contribution in [0.15, 0.2) is 72.8 Å². The molecule has 5 aromatic rings. The van der Waals surface area contributed by atoms with E-state index < -0.39 is 0 Å². The van der Waals surface area contributed by atoms with Crippen molar-refractivity contribution in [3.05, 3.63) is 72.8 Å². The van der Waals surface area contributed by atoms with Crippen molar-refractivity contribution in [1.29, 1.82) is 0 Å². The monoisotopic (exact) mass is 354 g/mol. The Bertz CT molecular complexity index is 1280. The van der Waals surface area contributed by atoms with Gasteiger partial charge in [0.25, 0.3) is 0 Å². The normalized spacial score (nSPS) is 11.3. The predicted octanol–water partition coefficient (Wildman–Crippen LogP) is 5.32. The molecule has 0 aliphatic rings. The molecule has 0 fully saturated rings. The van der Waals surface area contributed by atoms with E-state index in [0.717, 1.165) is 44.8 Å². The Hall–Kier alpha value is -3.53. The van der Waals surface area contributed by atoms with E-state index in [1.807, 2.05) is 30.3 Å². The second-order valence-corrected chi connectivity index (χ2v) is 6.48. The third-order valence-corrected chi connectivity index (χ3v) is 4.94. The van der Waals surface area contributed by atoms with Gasteiger partial charge in [-0.2, -0.15) is 0 Å². The Morgan fingerprint density at radius 1 is 0.741 bits per heavy atom. The maximum Gasteiger partial charge on any atom is 0.145 e. The molecule has 0 N–H and O–H groups in total. The van der Waals surface area contributed by atoms with Crippen LogP contribution in [0.5, 0.6) is 11.5 Å². The van der Waals surface area contributed by atoms with Gasteiger partial charge in [0.15, 0.2) is 0 Å². The molecule has 5 rings (SSSR count). The van der Waals surface area contributed by atoms with E-state index in [2.05, 4.69) is 46.9 Å². The second kappa shape index (κ2) is 6.02. The highest BCUT2D eigenvalue weighted by Gasteiger charge is 2.15. The summed E-state index contributed by atoms with van der Waals surface area (Å²) in [4.78, 5) is 5.00. The molecule has 0 spiro atoms. The summed E-state index contributed by atoms with van der Waals surface area (Å²) in [5.74, 6) is 2.34. The van der Waals surface area contributed by atoms with E-state index in [1.54, 1.807) is 14.2 Å². The molecule has 0 radical (unpaired) electrons. The van der Waals surface area contributed by atoms with Crippen molar-refractivity contribution < 1.29 is 9.47 Å². The Morgan fingerprint density at radius 2 is 1.44 bits per heavy atom. The van der Waals surface area contributed by atoms with Crippen LogP contribution in [0.2, 0.25) is 0 Å². The third kappa shape index (κ3) is 2.41. The minimum absolute atomic E-state index is 0.740. The van der Waals surface area contributed by atoms with E-state index in [0.29, 0.717) is 0 Å². The number of fused-ring (bicyclic) bond motifs is 5. The number of aromatic nitrogens is 2. The van der Waals surface area contributed by atoms with Crippen molar-refractivity contribution in [2.45, 2.75) is 0 Å². The van der Waals surface area contributed by atoms with Gasteiger partial charge in [0.05, 0.1) is 30.8 Å². The zero-order valence-corrected chi connectivity index (χ0v) is 15.1. The Kier molecular flexibility index (Phi) is 3.50. The molecule has 4 nitrogen and oxygen atoms in total. The third-order valence-electron chi connectivity index (χ3n) is 4.94. The summed E-state index contributed by atoms with van der Waals surface area (Å²) in [5.41, 5.74) is 4.18. The van der Waals surface area contributed by atoms with Gasteiger partial charge in [0.1, 0.15) is 17.3 Å². The van der Waals surface area contributed by atoms with Crippen molar-refractivity contribution >= 4 is 27.3 Å². The van der Waals surface area contributed by atoms with Crippen molar-refractivity contribution in [3.63, 3.8) is 0 Å². The molecule has 0 atom stereocenters. The summed E-state index contributed by atoms with van der Waals surface area (Å²) in [6, 6.07) is 24.7. The number of para-hydroxylation sites is 2. The maximum atomic E-state index is 5.47. The minimum atomic E-state index is 0.740. The molecule has 2 aromatic heterocycles. The smallest absolute Gasteiger partial charge is 0.145 e. The van der Waals surface area contributed by atoms with Crippen molar-refractivity contribution in [2.75, 3.05) is 14.2 Å². The summed E-state index contributed by atoms with van der Waals surface area (Å²) in [6.07, 6.45) is 0. The number of nitrogens with zero attached hydrogens (tertiary/aromatic N) is 2. The largest absolute Gasteiger partial charge is 0.497 e. The average Bonchev–Trinajstić information content (AvgIpc) is 3.12. The van der Waals surface area contributed by atoms with Crippen LogP contribution < -0.4 is 9.47 Å². The molecule has 0 aliphatic carbocycles. The molecule has 2 heterocycles. The highest BCUT2D eigenvalue weighted by atomic mass is 16.5. The van der Waals surface area contributed by atoms with Gasteiger partial charge < -0.3 is 9.47 Å². The van der Waals surface area contributed by atoms with Gasteiger partial charge in [0, 0.05) is 22.4 Å². The Morgan fingerprint density at radius 3 is 2.22 bits per heavy atom. The van der Waals surface area contributed by atoms with Crippen LogP contribution in [-0.2, 0) is 0 Å². The summed E-state index contributed by atoms with van der Waals surface area (Å²) in [6.45, 7) is 0.